The van der Waals surface area contributed by atoms with Crippen molar-refractivity contribution < 1.29 is 19.4 Å². The summed E-state index contributed by atoms with van der Waals surface area (Å²) >= 11 is 0. The molecule has 0 unspecified atom stereocenters. The normalized spacial score (nSPS) is 10.7. The van der Waals surface area contributed by atoms with Crippen LogP contribution in [0.3, 0.4) is 0 Å². The van der Waals surface area contributed by atoms with Gasteiger partial charge in [0.1, 0.15) is 13.2 Å². The molecule has 21 heavy (non-hydrogen) atoms. The minimum Gasteiger partial charge on any atom is -0.480 e. The molecule has 2 rings (SSSR count). The molecule has 9 nitrogen and oxygen atoms in total. The van der Waals surface area contributed by atoms with Crippen LogP contribution >= 0.6 is 0 Å². The van der Waals surface area contributed by atoms with E-state index in [-0.39, 0.29) is 19.7 Å². The van der Waals surface area contributed by atoms with Gasteiger partial charge in [-0.2, -0.15) is 0 Å². The molecule has 0 atom stereocenters. The van der Waals surface area contributed by atoms with E-state index in [1.165, 1.54) is 4.40 Å². The highest BCUT2D eigenvalue weighted by molar-refractivity contribution is 5.75. The molecule has 112 valence electrons. The molecule has 2 aromatic rings. The molecule has 0 aliphatic carbocycles. The lowest BCUT2D eigenvalue weighted by atomic mass is 10.5. The van der Waals surface area contributed by atoms with Gasteiger partial charge in [-0.25, -0.2) is 14.3 Å². The standard InChI is InChI=1S/C12H14N4O5/c17-10(13-4-6-21-8-11(18)19)7-16-12(20)15-5-2-1-3-9(15)14-16/h1-3,5H,4,6-8H2,(H,13,17)(H,18,19). The molecular weight excluding hydrogens is 280 g/mol. The number of carboxylic acids is 1. The van der Waals surface area contributed by atoms with Crippen molar-refractivity contribution >= 4 is 17.5 Å². The summed E-state index contributed by atoms with van der Waals surface area (Å²) in [5.74, 6) is -1.47. The molecule has 0 saturated heterocycles. The number of carbonyl (C=O) groups is 2. The van der Waals surface area contributed by atoms with Gasteiger partial charge >= 0.3 is 11.7 Å². The molecule has 0 aromatic carbocycles. The van der Waals surface area contributed by atoms with Crippen LogP contribution in [0, 0.1) is 0 Å². The average molecular weight is 294 g/mol. The first-order chi connectivity index (χ1) is 10.1. The second-order valence-corrected chi connectivity index (χ2v) is 4.17. The number of nitrogens with zero attached hydrogens (tertiary/aromatic N) is 3. The molecule has 0 saturated carbocycles. The van der Waals surface area contributed by atoms with Gasteiger partial charge in [-0.3, -0.25) is 9.20 Å². The number of ether oxygens (including phenoxy) is 1. The van der Waals surface area contributed by atoms with Crippen molar-refractivity contribution in [3.63, 3.8) is 0 Å². The third kappa shape index (κ3) is 3.89. The predicted molar refractivity (Wildman–Crippen MR) is 70.9 cm³/mol. The van der Waals surface area contributed by atoms with Crippen LogP contribution in [0.25, 0.3) is 5.65 Å². The number of amides is 1. The zero-order valence-corrected chi connectivity index (χ0v) is 11.1. The Balaban J connectivity index is 1.86. The maximum Gasteiger partial charge on any atom is 0.350 e. The van der Waals surface area contributed by atoms with Crippen molar-refractivity contribution in [1.82, 2.24) is 19.5 Å². The molecular formula is C12H14N4O5. The van der Waals surface area contributed by atoms with Gasteiger partial charge in [0.2, 0.25) is 5.91 Å². The number of aliphatic carboxylic acids is 1. The lowest BCUT2D eigenvalue weighted by Crippen LogP contribution is -2.34. The molecule has 1 amide bonds. The van der Waals surface area contributed by atoms with Crippen LogP contribution in [0.2, 0.25) is 0 Å². The van der Waals surface area contributed by atoms with Crippen LogP contribution in [0.5, 0.6) is 0 Å². The molecule has 0 aliphatic heterocycles. The Morgan fingerprint density at radius 1 is 1.38 bits per heavy atom. The smallest absolute Gasteiger partial charge is 0.350 e. The van der Waals surface area contributed by atoms with E-state index >= 15 is 0 Å². The zero-order valence-electron chi connectivity index (χ0n) is 11.1. The summed E-state index contributed by atoms with van der Waals surface area (Å²) in [5, 5.41) is 14.9. The SMILES string of the molecule is O=C(O)COCCNC(=O)Cn1nc2ccccn2c1=O. The first-order valence-corrected chi connectivity index (χ1v) is 6.18. The highest BCUT2D eigenvalue weighted by atomic mass is 16.5. The molecule has 2 N–H and O–H groups in total. The minimum atomic E-state index is -1.07. The number of hydrogen-bond donors (Lipinski definition) is 2. The Bertz CT molecular complexity index is 705. The summed E-state index contributed by atoms with van der Waals surface area (Å²) in [6.07, 6.45) is 1.57. The number of aromatic nitrogens is 3. The van der Waals surface area contributed by atoms with E-state index in [9.17, 15) is 14.4 Å². The number of fused-ring (bicyclic) bond motifs is 1. The van der Waals surface area contributed by atoms with E-state index in [0.29, 0.717) is 5.65 Å². The second kappa shape index (κ2) is 6.66. The average Bonchev–Trinajstić information content (AvgIpc) is 2.75. The van der Waals surface area contributed by atoms with Crippen LogP contribution in [0.15, 0.2) is 29.2 Å². The fourth-order valence-corrected chi connectivity index (χ4v) is 1.69. The third-order valence-electron chi connectivity index (χ3n) is 2.58. The highest BCUT2D eigenvalue weighted by Gasteiger charge is 2.09. The molecule has 0 fully saturated rings. The van der Waals surface area contributed by atoms with Crippen molar-refractivity contribution in [3.8, 4) is 0 Å². The van der Waals surface area contributed by atoms with E-state index in [0.717, 1.165) is 4.68 Å². The van der Waals surface area contributed by atoms with Crippen LogP contribution in [0.1, 0.15) is 0 Å². The van der Waals surface area contributed by atoms with Crippen LogP contribution < -0.4 is 11.0 Å². The number of nitrogens with one attached hydrogen (secondary N) is 1. The number of rotatable bonds is 7. The maximum absolute atomic E-state index is 11.9. The number of carboxylic acid groups (broad SMARTS) is 1. The molecule has 2 heterocycles. The summed E-state index contributed by atoms with van der Waals surface area (Å²) < 4.78 is 7.16. The topological polar surface area (TPSA) is 115 Å². The Kier molecular flexibility index (Phi) is 4.67. The van der Waals surface area contributed by atoms with Crippen molar-refractivity contribution in [3.05, 3.63) is 34.9 Å². The summed E-state index contributed by atoms with van der Waals surface area (Å²) in [5.41, 5.74) is 0.0583. The quantitative estimate of drug-likeness (QED) is 0.614. The summed E-state index contributed by atoms with van der Waals surface area (Å²) in [6, 6.07) is 5.10. The molecule has 0 bridgehead atoms. The van der Waals surface area contributed by atoms with Crippen molar-refractivity contribution in [2.24, 2.45) is 0 Å². The first-order valence-electron chi connectivity index (χ1n) is 6.18. The number of pyridine rings is 1. The van der Waals surface area contributed by atoms with Gasteiger partial charge in [0, 0.05) is 12.7 Å². The molecule has 0 aliphatic rings. The first kappa shape index (κ1) is 14.7. The van der Waals surface area contributed by atoms with E-state index in [2.05, 4.69) is 10.4 Å². The minimum absolute atomic E-state index is 0.0815. The third-order valence-corrected chi connectivity index (χ3v) is 2.58. The Hall–Kier alpha value is -2.68. The monoisotopic (exact) mass is 294 g/mol. The summed E-state index contributed by atoms with van der Waals surface area (Å²) in [4.78, 5) is 33.8. The van der Waals surface area contributed by atoms with Gasteiger partial charge in [0.15, 0.2) is 5.65 Å². The van der Waals surface area contributed by atoms with E-state index in [4.69, 9.17) is 9.84 Å². The summed E-state index contributed by atoms with van der Waals surface area (Å²) in [6.45, 7) is -0.381. The largest absolute Gasteiger partial charge is 0.480 e. The lowest BCUT2D eigenvalue weighted by Gasteiger charge is -2.04. The van der Waals surface area contributed by atoms with Gasteiger partial charge in [-0.15, -0.1) is 5.10 Å². The van der Waals surface area contributed by atoms with Gasteiger partial charge in [-0.1, -0.05) is 6.07 Å². The molecule has 2 aromatic heterocycles. The maximum atomic E-state index is 11.9. The van der Waals surface area contributed by atoms with E-state index < -0.39 is 24.2 Å². The summed E-state index contributed by atoms with van der Waals surface area (Å²) in [7, 11) is 0. The van der Waals surface area contributed by atoms with Gasteiger partial charge in [0.05, 0.1) is 6.61 Å². The second-order valence-electron chi connectivity index (χ2n) is 4.17. The van der Waals surface area contributed by atoms with E-state index in [1.807, 2.05) is 0 Å². The van der Waals surface area contributed by atoms with Crippen molar-refractivity contribution in [2.45, 2.75) is 6.54 Å². The molecule has 9 heteroatoms. The highest BCUT2D eigenvalue weighted by Crippen LogP contribution is 1.94. The van der Waals surface area contributed by atoms with Gasteiger partial charge in [-0.05, 0) is 12.1 Å². The van der Waals surface area contributed by atoms with Crippen LogP contribution in [-0.4, -0.2) is 50.9 Å². The van der Waals surface area contributed by atoms with Crippen molar-refractivity contribution in [2.75, 3.05) is 19.8 Å². The number of carbonyl (C=O) groups excluding carboxylic acids is 1. The Morgan fingerprint density at radius 3 is 2.90 bits per heavy atom. The fourth-order valence-electron chi connectivity index (χ4n) is 1.69. The molecule has 0 spiro atoms. The zero-order chi connectivity index (χ0) is 15.2. The lowest BCUT2D eigenvalue weighted by molar-refractivity contribution is -0.142. The van der Waals surface area contributed by atoms with Gasteiger partial charge < -0.3 is 15.2 Å². The number of hydrogen-bond acceptors (Lipinski definition) is 5. The molecule has 0 radical (unpaired) electrons. The fraction of sp³-hybridized carbons (Fsp3) is 0.333. The van der Waals surface area contributed by atoms with Crippen molar-refractivity contribution in [1.29, 1.82) is 0 Å². The predicted octanol–water partition coefficient (Wildman–Crippen LogP) is -1.29. The Morgan fingerprint density at radius 2 is 2.19 bits per heavy atom. The van der Waals surface area contributed by atoms with Crippen LogP contribution in [0.4, 0.5) is 0 Å². The van der Waals surface area contributed by atoms with Crippen LogP contribution in [-0.2, 0) is 20.9 Å². The van der Waals surface area contributed by atoms with Gasteiger partial charge in [0.25, 0.3) is 0 Å². The van der Waals surface area contributed by atoms with E-state index in [1.54, 1.807) is 24.4 Å². The Labute approximate surface area is 118 Å².